The van der Waals surface area contributed by atoms with Crippen LogP contribution in [0.2, 0.25) is 0 Å². The number of H-pyrrole nitrogens is 1. The van der Waals surface area contributed by atoms with E-state index in [4.69, 9.17) is 4.74 Å². The maximum Gasteiger partial charge on any atom is 0.385 e. The number of ether oxygens (including phenoxy) is 1. The number of carbonyl (C=O) groups excluding carboxylic acids is 2. The van der Waals surface area contributed by atoms with Gasteiger partial charge >= 0.3 is 5.97 Å². The van der Waals surface area contributed by atoms with Gasteiger partial charge in [-0.1, -0.05) is 36.4 Å². The third kappa shape index (κ3) is 2.19. The minimum absolute atomic E-state index is 0.321. The van der Waals surface area contributed by atoms with Crippen molar-refractivity contribution in [2.45, 2.75) is 0 Å². The van der Waals surface area contributed by atoms with Crippen molar-refractivity contribution in [3.63, 3.8) is 0 Å². The van der Waals surface area contributed by atoms with E-state index < -0.39 is 11.8 Å². The highest BCUT2D eigenvalue weighted by molar-refractivity contribution is 6.43. The maximum absolute atomic E-state index is 12.1. The number of hydrogen-bond donors (Lipinski definition) is 1. The molecule has 0 atom stereocenters. The molecule has 0 radical (unpaired) electrons. The molecule has 1 heterocycles. The van der Waals surface area contributed by atoms with Crippen LogP contribution in [0.25, 0.3) is 10.9 Å². The van der Waals surface area contributed by atoms with Crippen LogP contribution in [-0.2, 0) is 4.79 Å². The molecule has 0 aliphatic heterocycles. The molecule has 0 aliphatic rings. The van der Waals surface area contributed by atoms with Crippen LogP contribution in [0.15, 0.2) is 60.8 Å². The second-order valence-electron chi connectivity index (χ2n) is 4.28. The number of esters is 1. The Bertz CT molecular complexity index is 775. The summed E-state index contributed by atoms with van der Waals surface area (Å²) in [6, 6.07) is 15.8. The second kappa shape index (κ2) is 5.01. The molecule has 3 rings (SSSR count). The lowest BCUT2D eigenvalue weighted by molar-refractivity contribution is -0.129. The van der Waals surface area contributed by atoms with E-state index in [1.54, 1.807) is 36.4 Å². The molecule has 0 saturated carbocycles. The minimum atomic E-state index is -0.888. The molecule has 0 fully saturated rings. The summed E-state index contributed by atoms with van der Waals surface area (Å²) < 4.78 is 5.05. The van der Waals surface area contributed by atoms with Crippen LogP contribution in [0.5, 0.6) is 5.75 Å². The predicted octanol–water partition coefficient (Wildman–Crippen LogP) is 2.96. The first-order valence-electron chi connectivity index (χ1n) is 6.13. The highest BCUT2D eigenvalue weighted by Gasteiger charge is 2.21. The Kier molecular flexibility index (Phi) is 3.05. The molecule has 4 nitrogen and oxygen atoms in total. The van der Waals surface area contributed by atoms with Gasteiger partial charge in [0.15, 0.2) is 0 Å². The van der Waals surface area contributed by atoms with Crippen molar-refractivity contribution in [3.8, 4) is 5.75 Å². The first kappa shape index (κ1) is 12.2. The SMILES string of the molecule is O=C(Oc1ccccc1)C(=O)c1c[nH]c2ccccc12. The lowest BCUT2D eigenvalue weighted by Crippen LogP contribution is -2.20. The van der Waals surface area contributed by atoms with Gasteiger partial charge in [-0.15, -0.1) is 0 Å². The normalized spacial score (nSPS) is 10.4. The number of carbonyl (C=O) groups is 2. The zero-order valence-corrected chi connectivity index (χ0v) is 10.5. The molecule has 3 aromatic rings. The number of fused-ring (bicyclic) bond motifs is 1. The van der Waals surface area contributed by atoms with Gasteiger partial charge in [0.2, 0.25) is 0 Å². The molecule has 98 valence electrons. The fraction of sp³-hybridized carbons (Fsp3) is 0. The number of hydrogen-bond acceptors (Lipinski definition) is 3. The maximum atomic E-state index is 12.1. The molecule has 0 amide bonds. The molecule has 20 heavy (non-hydrogen) atoms. The summed E-state index contributed by atoms with van der Waals surface area (Å²) in [5.74, 6) is -1.20. The number of rotatable bonds is 3. The van der Waals surface area contributed by atoms with E-state index in [0.29, 0.717) is 16.7 Å². The van der Waals surface area contributed by atoms with Crippen LogP contribution in [0.3, 0.4) is 0 Å². The first-order chi connectivity index (χ1) is 9.75. The number of para-hydroxylation sites is 2. The third-order valence-electron chi connectivity index (χ3n) is 2.97. The molecule has 0 unspecified atom stereocenters. The summed E-state index contributed by atoms with van der Waals surface area (Å²) in [6.07, 6.45) is 1.53. The van der Waals surface area contributed by atoms with Crippen LogP contribution in [-0.4, -0.2) is 16.7 Å². The van der Waals surface area contributed by atoms with E-state index in [2.05, 4.69) is 4.98 Å². The van der Waals surface area contributed by atoms with Crippen LogP contribution in [0, 0.1) is 0 Å². The smallest absolute Gasteiger partial charge is 0.385 e. The summed E-state index contributed by atoms with van der Waals surface area (Å²) >= 11 is 0. The highest BCUT2D eigenvalue weighted by atomic mass is 16.5. The molecular weight excluding hydrogens is 254 g/mol. The Morgan fingerprint density at radius 1 is 0.900 bits per heavy atom. The van der Waals surface area contributed by atoms with E-state index in [1.807, 2.05) is 18.2 Å². The molecule has 0 saturated heterocycles. The summed E-state index contributed by atoms with van der Waals surface area (Å²) in [5, 5.41) is 0.711. The van der Waals surface area contributed by atoms with Crippen LogP contribution in [0.1, 0.15) is 10.4 Å². The van der Waals surface area contributed by atoms with Crippen molar-refractivity contribution in [1.82, 2.24) is 4.98 Å². The molecule has 1 N–H and O–H groups in total. The zero-order valence-electron chi connectivity index (χ0n) is 10.5. The van der Waals surface area contributed by atoms with E-state index in [-0.39, 0.29) is 0 Å². The van der Waals surface area contributed by atoms with E-state index in [0.717, 1.165) is 5.52 Å². The van der Waals surface area contributed by atoms with Gasteiger partial charge in [-0.25, -0.2) is 4.79 Å². The second-order valence-corrected chi connectivity index (χ2v) is 4.28. The molecule has 0 bridgehead atoms. The Labute approximate surface area is 115 Å². The number of aromatic amines is 1. The van der Waals surface area contributed by atoms with Crippen LogP contribution >= 0.6 is 0 Å². The van der Waals surface area contributed by atoms with Gasteiger partial charge in [0.25, 0.3) is 5.78 Å². The summed E-state index contributed by atoms with van der Waals surface area (Å²) in [4.78, 5) is 27.0. The van der Waals surface area contributed by atoms with Gasteiger partial charge in [-0.2, -0.15) is 0 Å². The number of Topliss-reactive ketones (excluding diaryl/α,β-unsaturated/α-hetero) is 1. The van der Waals surface area contributed by atoms with Gasteiger partial charge in [-0.05, 0) is 18.2 Å². The van der Waals surface area contributed by atoms with Crippen molar-refractivity contribution in [3.05, 3.63) is 66.4 Å². The molecule has 0 spiro atoms. The number of ketones is 1. The Morgan fingerprint density at radius 2 is 1.60 bits per heavy atom. The van der Waals surface area contributed by atoms with Gasteiger partial charge in [-0.3, -0.25) is 4.79 Å². The Morgan fingerprint density at radius 3 is 2.40 bits per heavy atom. The number of aromatic nitrogens is 1. The number of nitrogens with one attached hydrogen (secondary N) is 1. The van der Waals surface area contributed by atoms with E-state index in [1.165, 1.54) is 6.20 Å². The van der Waals surface area contributed by atoms with Gasteiger partial charge in [0.05, 0.1) is 5.56 Å². The largest absolute Gasteiger partial charge is 0.421 e. The Balaban J connectivity index is 1.87. The van der Waals surface area contributed by atoms with E-state index in [9.17, 15) is 9.59 Å². The highest BCUT2D eigenvalue weighted by Crippen LogP contribution is 2.19. The van der Waals surface area contributed by atoms with Crippen molar-refractivity contribution in [1.29, 1.82) is 0 Å². The Hall–Kier alpha value is -2.88. The molecule has 4 heteroatoms. The van der Waals surface area contributed by atoms with Crippen molar-refractivity contribution in [2.24, 2.45) is 0 Å². The topological polar surface area (TPSA) is 59.2 Å². The minimum Gasteiger partial charge on any atom is -0.421 e. The van der Waals surface area contributed by atoms with Crippen LogP contribution in [0.4, 0.5) is 0 Å². The predicted molar refractivity (Wildman–Crippen MR) is 74.7 cm³/mol. The average Bonchev–Trinajstić information content (AvgIpc) is 2.91. The standard InChI is InChI=1S/C16H11NO3/c18-15(16(19)20-11-6-2-1-3-7-11)13-10-17-14-9-5-4-8-12(13)14/h1-10,17H. The van der Waals surface area contributed by atoms with Crippen molar-refractivity contribution < 1.29 is 14.3 Å². The number of benzene rings is 2. The first-order valence-corrected chi connectivity index (χ1v) is 6.13. The summed E-state index contributed by atoms with van der Waals surface area (Å²) in [6.45, 7) is 0. The lowest BCUT2D eigenvalue weighted by atomic mass is 10.1. The molecule has 0 aliphatic carbocycles. The monoisotopic (exact) mass is 265 g/mol. The molecule has 1 aromatic heterocycles. The van der Waals surface area contributed by atoms with Crippen molar-refractivity contribution >= 4 is 22.7 Å². The van der Waals surface area contributed by atoms with Crippen molar-refractivity contribution in [2.75, 3.05) is 0 Å². The van der Waals surface area contributed by atoms with Gasteiger partial charge in [0, 0.05) is 17.1 Å². The van der Waals surface area contributed by atoms with Gasteiger partial charge < -0.3 is 9.72 Å². The summed E-state index contributed by atoms with van der Waals surface area (Å²) in [7, 11) is 0. The van der Waals surface area contributed by atoms with E-state index >= 15 is 0 Å². The zero-order chi connectivity index (χ0) is 13.9. The fourth-order valence-electron chi connectivity index (χ4n) is 2.01. The lowest BCUT2D eigenvalue weighted by Gasteiger charge is -2.02. The van der Waals surface area contributed by atoms with Crippen LogP contribution < -0.4 is 4.74 Å². The van der Waals surface area contributed by atoms with Gasteiger partial charge in [0.1, 0.15) is 5.75 Å². The quantitative estimate of drug-likeness (QED) is 0.343. The third-order valence-corrected chi connectivity index (χ3v) is 2.97. The summed E-state index contributed by atoms with van der Waals surface area (Å²) in [5.41, 5.74) is 1.13. The fourth-order valence-corrected chi connectivity index (χ4v) is 2.01. The average molecular weight is 265 g/mol. The molecule has 2 aromatic carbocycles. The molecular formula is C16H11NO3.